The molecule has 4 heteroatoms. The van der Waals surface area contributed by atoms with Gasteiger partial charge < -0.3 is 10.7 Å². The maximum Gasteiger partial charge on any atom is 0.102 e. The van der Waals surface area contributed by atoms with Crippen molar-refractivity contribution in [3.05, 3.63) is 28.5 Å². The first-order valence-corrected chi connectivity index (χ1v) is 5.34. The van der Waals surface area contributed by atoms with Crippen molar-refractivity contribution >= 4 is 27.0 Å². The molecule has 3 N–H and O–H groups in total. The summed E-state index contributed by atoms with van der Waals surface area (Å²) in [5.41, 5.74) is 8.89. The first-order valence-electron chi connectivity index (χ1n) is 4.55. The lowest BCUT2D eigenvalue weighted by atomic mass is 10.0. The number of halogens is 1. The van der Waals surface area contributed by atoms with E-state index in [2.05, 4.69) is 45.0 Å². The summed E-state index contributed by atoms with van der Waals surface area (Å²) < 4.78 is 1.02. The molecule has 1 aromatic heterocycles. The molecule has 1 heterocycles. The van der Waals surface area contributed by atoms with Crippen LogP contribution in [-0.4, -0.2) is 16.5 Å². The molecule has 1 unspecified atom stereocenters. The molecular weight excluding hydrogens is 242 g/mol. The molecule has 0 aliphatic carbocycles. The number of H-pyrrole nitrogens is 1. The molecule has 0 bridgehead atoms. The normalized spacial score (nSPS) is 13.4. The van der Waals surface area contributed by atoms with Gasteiger partial charge in [-0.05, 0) is 46.1 Å². The van der Waals surface area contributed by atoms with Crippen molar-refractivity contribution in [2.45, 2.75) is 12.8 Å². The van der Waals surface area contributed by atoms with Crippen LogP contribution < -0.4 is 5.73 Å². The van der Waals surface area contributed by atoms with Crippen molar-refractivity contribution < 1.29 is 0 Å². The van der Waals surface area contributed by atoms with Gasteiger partial charge in [0.05, 0.1) is 11.8 Å². The number of aromatic nitrogens is 2. The Labute approximate surface area is 90.8 Å². The lowest BCUT2D eigenvalue weighted by Gasteiger charge is -2.09. The van der Waals surface area contributed by atoms with Crippen LogP contribution in [0.25, 0.3) is 11.0 Å². The fourth-order valence-corrected chi connectivity index (χ4v) is 2.03. The summed E-state index contributed by atoms with van der Waals surface area (Å²) in [5, 5.41) is 0. The maximum atomic E-state index is 5.63. The molecule has 2 aromatic rings. The van der Waals surface area contributed by atoms with E-state index in [1.165, 1.54) is 5.56 Å². The average Bonchev–Trinajstić information content (AvgIpc) is 2.64. The highest BCUT2D eigenvalue weighted by molar-refractivity contribution is 9.10. The van der Waals surface area contributed by atoms with Gasteiger partial charge in [0, 0.05) is 4.47 Å². The standard InChI is InChI=1S/C10H12BrN3/c1-6(4-12)7-2-8(11)10-9(3-7)13-5-14-10/h2-3,5-6H,4,12H2,1H3,(H,13,14). The van der Waals surface area contributed by atoms with Gasteiger partial charge in [-0.25, -0.2) is 4.98 Å². The zero-order valence-corrected chi connectivity index (χ0v) is 9.51. The van der Waals surface area contributed by atoms with Gasteiger partial charge in [-0.15, -0.1) is 0 Å². The number of hydrogen-bond acceptors (Lipinski definition) is 2. The summed E-state index contributed by atoms with van der Waals surface area (Å²) in [6, 6.07) is 4.19. The van der Waals surface area contributed by atoms with Crippen molar-refractivity contribution in [2.24, 2.45) is 5.73 Å². The number of benzene rings is 1. The molecule has 2 rings (SSSR count). The molecule has 3 nitrogen and oxygen atoms in total. The lowest BCUT2D eigenvalue weighted by molar-refractivity contribution is 0.775. The molecule has 0 saturated heterocycles. The van der Waals surface area contributed by atoms with Crippen molar-refractivity contribution in [1.29, 1.82) is 0 Å². The number of aromatic amines is 1. The minimum atomic E-state index is 0.374. The zero-order chi connectivity index (χ0) is 10.1. The van der Waals surface area contributed by atoms with Crippen LogP contribution in [0.15, 0.2) is 22.9 Å². The smallest absolute Gasteiger partial charge is 0.102 e. The fraction of sp³-hybridized carbons (Fsp3) is 0.300. The van der Waals surface area contributed by atoms with Crippen LogP contribution in [0.4, 0.5) is 0 Å². The summed E-state index contributed by atoms with van der Waals surface area (Å²) in [6.45, 7) is 2.77. The topological polar surface area (TPSA) is 54.7 Å². The predicted octanol–water partition coefficient (Wildman–Crippen LogP) is 2.39. The molecule has 0 amide bonds. The Hall–Kier alpha value is -0.870. The number of fused-ring (bicyclic) bond motifs is 1. The van der Waals surface area contributed by atoms with Gasteiger partial charge in [0.1, 0.15) is 5.52 Å². The summed E-state index contributed by atoms with van der Waals surface area (Å²) >= 11 is 3.50. The minimum Gasteiger partial charge on any atom is -0.345 e. The molecule has 0 saturated carbocycles. The van der Waals surface area contributed by atoms with Crippen molar-refractivity contribution in [2.75, 3.05) is 6.54 Å². The van der Waals surface area contributed by atoms with Crippen LogP contribution in [0, 0.1) is 0 Å². The third-order valence-electron chi connectivity index (χ3n) is 2.42. The first kappa shape index (κ1) is 9.68. The van der Waals surface area contributed by atoms with Crippen molar-refractivity contribution in [1.82, 2.24) is 9.97 Å². The average molecular weight is 254 g/mol. The fourth-order valence-electron chi connectivity index (χ4n) is 1.45. The Morgan fingerprint density at radius 1 is 1.57 bits per heavy atom. The van der Waals surface area contributed by atoms with Crippen LogP contribution in [-0.2, 0) is 0 Å². The Morgan fingerprint density at radius 3 is 3.07 bits per heavy atom. The van der Waals surface area contributed by atoms with Gasteiger partial charge >= 0.3 is 0 Å². The molecule has 14 heavy (non-hydrogen) atoms. The first-order chi connectivity index (χ1) is 6.72. The molecule has 0 aliphatic heterocycles. The van der Waals surface area contributed by atoms with E-state index in [9.17, 15) is 0 Å². The second-order valence-corrected chi connectivity index (χ2v) is 4.29. The summed E-state index contributed by atoms with van der Waals surface area (Å²) in [7, 11) is 0. The second-order valence-electron chi connectivity index (χ2n) is 3.44. The number of rotatable bonds is 2. The highest BCUT2D eigenvalue weighted by Crippen LogP contribution is 2.26. The van der Waals surface area contributed by atoms with E-state index in [1.807, 2.05) is 0 Å². The monoisotopic (exact) mass is 253 g/mol. The van der Waals surface area contributed by atoms with E-state index < -0.39 is 0 Å². The second kappa shape index (κ2) is 3.71. The Balaban J connectivity index is 2.58. The highest BCUT2D eigenvalue weighted by Gasteiger charge is 2.08. The summed E-state index contributed by atoms with van der Waals surface area (Å²) in [4.78, 5) is 7.31. The van der Waals surface area contributed by atoms with E-state index in [0.29, 0.717) is 12.5 Å². The van der Waals surface area contributed by atoms with Crippen molar-refractivity contribution in [3.8, 4) is 0 Å². The zero-order valence-electron chi connectivity index (χ0n) is 7.92. The number of nitrogens with zero attached hydrogens (tertiary/aromatic N) is 1. The van der Waals surface area contributed by atoms with E-state index in [-0.39, 0.29) is 0 Å². The number of nitrogens with one attached hydrogen (secondary N) is 1. The number of nitrogens with two attached hydrogens (primary N) is 1. The van der Waals surface area contributed by atoms with Crippen LogP contribution in [0.5, 0.6) is 0 Å². The van der Waals surface area contributed by atoms with Gasteiger partial charge in [-0.3, -0.25) is 0 Å². The molecule has 0 fully saturated rings. The summed E-state index contributed by atoms with van der Waals surface area (Å²) in [6.07, 6.45) is 1.70. The largest absolute Gasteiger partial charge is 0.345 e. The third kappa shape index (κ3) is 1.55. The molecule has 0 spiro atoms. The Kier molecular flexibility index (Phi) is 2.56. The molecule has 1 aromatic carbocycles. The van der Waals surface area contributed by atoms with Crippen LogP contribution in [0.1, 0.15) is 18.4 Å². The van der Waals surface area contributed by atoms with Gasteiger partial charge in [0.15, 0.2) is 0 Å². The molecule has 0 aliphatic rings. The van der Waals surface area contributed by atoms with Gasteiger partial charge in [0.25, 0.3) is 0 Å². The Morgan fingerprint density at radius 2 is 2.36 bits per heavy atom. The highest BCUT2D eigenvalue weighted by atomic mass is 79.9. The van der Waals surface area contributed by atoms with Crippen LogP contribution in [0.3, 0.4) is 0 Å². The number of hydrogen-bond donors (Lipinski definition) is 2. The molecule has 74 valence electrons. The third-order valence-corrected chi connectivity index (χ3v) is 3.03. The predicted molar refractivity (Wildman–Crippen MR) is 61.3 cm³/mol. The van der Waals surface area contributed by atoms with Gasteiger partial charge in [0.2, 0.25) is 0 Å². The SMILES string of the molecule is CC(CN)c1cc(Br)c2nc[nH]c2c1. The molecular formula is C10H12BrN3. The minimum absolute atomic E-state index is 0.374. The molecule has 1 atom stereocenters. The van der Waals surface area contributed by atoms with Crippen LogP contribution >= 0.6 is 15.9 Å². The van der Waals surface area contributed by atoms with Crippen LogP contribution in [0.2, 0.25) is 0 Å². The number of imidazole rings is 1. The Bertz CT molecular complexity index is 450. The van der Waals surface area contributed by atoms with E-state index in [4.69, 9.17) is 5.73 Å². The van der Waals surface area contributed by atoms with Gasteiger partial charge in [-0.2, -0.15) is 0 Å². The van der Waals surface area contributed by atoms with E-state index >= 15 is 0 Å². The van der Waals surface area contributed by atoms with E-state index in [0.717, 1.165) is 15.5 Å². The lowest BCUT2D eigenvalue weighted by Crippen LogP contribution is -2.08. The maximum absolute atomic E-state index is 5.63. The quantitative estimate of drug-likeness (QED) is 0.864. The summed E-state index contributed by atoms with van der Waals surface area (Å²) in [5.74, 6) is 0.374. The van der Waals surface area contributed by atoms with Crippen molar-refractivity contribution in [3.63, 3.8) is 0 Å². The van der Waals surface area contributed by atoms with E-state index in [1.54, 1.807) is 6.33 Å². The van der Waals surface area contributed by atoms with Gasteiger partial charge in [-0.1, -0.05) is 6.92 Å². The molecule has 0 radical (unpaired) electrons.